The third-order valence-electron chi connectivity index (χ3n) is 15.9. The second kappa shape index (κ2) is 58.4. The van der Waals surface area contributed by atoms with Crippen molar-refractivity contribution in [3.8, 4) is 0 Å². The lowest BCUT2D eigenvalue weighted by molar-refractivity contribution is -0.302. The summed E-state index contributed by atoms with van der Waals surface area (Å²) in [6.07, 6.45) is 65.1. The van der Waals surface area contributed by atoms with Crippen molar-refractivity contribution in [3.63, 3.8) is 0 Å². The molecule has 1 fully saturated rings. The fourth-order valence-corrected chi connectivity index (χ4v) is 10.5. The summed E-state index contributed by atoms with van der Waals surface area (Å²) in [6.45, 7) is 4.31. The minimum Gasteiger partial charge on any atom is -0.466 e. The molecule has 0 saturated carbocycles. The summed E-state index contributed by atoms with van der Waals surface area (Å²) in [5.74, 6) is -0.200. The number of allylic oxidation sites excluding steroid dienone is 7. The maximum atomic E-state index is 13.1. The normalized spacial score (nSPS) is 18.6. The summed E-state index contributed by atoms with van der Waals surface area (Å²) in [4.78, 5) is 25.1. The average Bonchev–Trinajstić information content (AvgIpc) is 3.45. The van der Waals surface area contributed by atoms with E-state index in [4.69, 9.17) is 14.2 Å². The molecule has 1 rings (SSSR count). The zero-order valence-electron chi connectivity index (χ0n) is 51.8. The van der Waals surface area contributed by atoms with E-state index in [1.165, 1.54) is 231 Å². The fourth-order valence-electron chi connectivity index (χ4n) is 10.5. The first kappa shape index (κ1) is 75.6. The van der Waals surface area contributed by atoms with Gasteiger partial charge in [0.2, 0.25) is 5.91 Å². The quantitative estimate of drug-likeness (QED) is 0.0195. The van der Waals surface area contributed by atoms with Crippen molar-refractivity contribution in [3.05, 3.63) is 48.6 Å². The summed E-state index contributed by atoms with van der Waals surface area (Å²) >= 11 is 0. The Bertz CT molecular complexity index is 1470. The van der Waals surface area contributed by atoms with Gasteiger partial charge in [-0.25, -0.2) is 0 Å². The van der Waals surface area contributed by atoms with Crippen molar-refractivity contribution in [2.24, 2.45) is 0 Å². The molecule has 7 unspecified atom stereocenters. The largest absolute Gasteiger partial charge is 0.466 e. The topological polar surface area (TPSA) is 175 Å². The highest BCUT2D eigenvalue weighted by Gasteiger charge is 2.44. The van der Waals surface area contributed by atoms with Crippen LogP contribution in [0.15, 0.2) is 48.6 Å². The molecule has 6 N–H and O–H groups in total. The highest BCUT2D eigenvalue weighted by molar-refractivity contribution is 5.76. The number of carbonyl (C=O) groups excluding carboxylic acids is 2. The molecule has 1 heterocycles. The Morgan fingerprint density at radius 1 is 0.450 bits per heavy atom. The Labute approximate surface area is 491 Å². The van der Waals surface area contributed by atoms with E-state index < -0.39 is 49.5 Å². The minimum atomic E-state index is -1.58. The van der Waals surface area contributed by atoms with Gasteiger partial charge >= 0.3 is 5.97 Å². The summed E-state index contributed by atoms with van der Waals surface area (Å²) in [5.41, 5.74) is 0. The highest BCUT2D eigenvalue weighted by atomic mass is 16.7. The lowest BCUT2D eigenvalue weighted by atomic mass is 9.99. The Hall–Kier alpha value is -2.38. The SMILES string of the molecule is CCCC/C=C\CCCCCCCC(=O)OCCCCCCCCCCCCCC/C=C\CCCCCCCCCCCCC(=O)NC(COC1OC(CO)C(O)C(O)C1O)C(O)/C=C/CC/C=C/CCCCCCCCCCC. The summed E-state index contributed by atoms with van der Waals surface area (Å²) in [5, 5.41) is 54.5. The van der Waals surface area contributed by atoms with Gasteiger partial charge in [-0.3, -0.25) is 9.59 Å². The molecule has 0 aromatic heterocycles. The number of amides is 1. The molecule has 0 spiro atoms. The lowest BCUT2D eigenvalue weighted by Crippen LogP contribution is -2.60. The zero-order chi connectivity index (χ0) is 58.0. The molecule has 80 heavy (non-hydrogen) atoms. The summed E-state index contributed by atoms with van der Waals surface area (Å²) < 4.78 is 16.7. The molecule has 7 atom stereocenters. The van der Waals surface area contributed by atoms with Crippen LogP contribution >= 0.6 is 0 Å². The van der Waals surface area contributed by atoms with Crippen LogP contribution in [0.3, 0.4) is 0 Å². The van der Waals surface area contributed by atoms with Crippen LogP contribution in [0.4, 0.5) is 0 Å². The molecule has 0 aliphatic carbocycles. The van der Waals surface area contributed by atoms with Crippen molar-refractivity contribution in [2.75, 3.05) is 19.8 Å². The third-order valence-corrected chi connectivity index (χ3v) is 15.9. The summed E-state index contributed by atoms with van der Waals surface area (Å²) in [7, 11) is 0. The summed E-state index contributed by atoms with van der Waals surface area (Å²) in [6, 6.07) is -0.830. The van der Waals surface area contributed by atoms with Crippen molar-refractivity contribution in [2.45, 2.75) is 358 Å². The van der Waals surface area contributed by atoms with E-state index in [-0.39, 0.29) is 18.5 Å². The molecular formula is C69H127NO10. The van der Waals surface area contributed by atoms with Gasteiger partial charge in [-0.15, -0.1) is 0 Å². The first-order valence-electron chi connectivity index (χ1n) is 33.9. The molecule has 1 saturated heterocycles. The van der Waals surface area contributed by atoms with Crippen LogP contribution in [0.25, 0.3) is 0 Å². The smallest absolute Gasteiger partial charge is 0.305 e. The van der Waals surface area contributed by atoms with Gasteiger partial charge in [-0.05, 0) is 89.9 Å². The van der Waals surface area contributed by atoms with Gasteiger partial charge in [-0.2, -0.15) is 0 Å². The molecule has 0 bridgehead atoms. The van der Waals surface area contributed by atoms with Gasteiger partial charge < -0.3 is 45.1 Å². The van der Waals surface area contributed by atoms with Crippen LogP contribution in [-0.4, -0.2) is 100 Å². The second-order valence-corrected chi connectivity index (χ2v) is 23.5. The average molecular weight is 1130 g/mol. The monoisotopic (exact) mass is 1130 g/mol. The first-order chi connectivity index (χ1) is 39.2. The molecule has 1 aliphatic heterocycles. The zero-order valence-corrected chi connectivity index (χ0v) is 51.8. The molecule has 11 heteroatoms. The number of hydrogen-bond acceptors (Lipinski definition) is 10. The first-order valence-corrected chi connectivity index (χ1v) is 33.9. The minimum absolute atomic E-state index is 0.00730. The lowest BCUT2D eigenvalue weighted by Gasteiger charge is -2.40. The van der Waals surface area contributed by atoms with Gasteiger partial charge in [0, 0.05) is 12.8 Å². The van der Waals surface area contributed by atoms with Gasteiger partial charge in [0.05, 0.1) is 32.0 Å². The van der Waals surface area contributed by atoms with E-state index in [0.29, 0.717) is 19.4 Å². The number of esters is 1. The van der Waals surface area contributed by atoms with Gasteiger partial charge in [0.15, 0.2) is 6.29 Å². The van der Waals surface area contributed by atoms with Crippen LogP contribution in [0, 0.1) is 0 Å². The Kier molecular flexibility index (Phi) is 55.2. The van der Waals surface area contributed by atoms with Crippen molar-refractivity contribution < 1.29 is 49.3 Å². The number of unbranched alkanes of at least 4 members (excludes halogenated alkanes) is 39. The molecule has 1 aliphatic rings. The molecule has 468 valence electrons. The van der Waals surface area contributed by atoms with E-state index >= 15 is 0 Å². The van der Waals surface area contributed by atoms with E-state index in [2.05, 4.69) is 55.6 Å². The van der Waals surface area contributed by atoms with Crippen LogP contribution in [-0.2, 0) is 23.8 Å². The Morgan fingerprint density at radius 3 is 1.27 bits per heavy atom. The van der Waals surface area contributed by atoms with E-state index in [1.54, 1.807) is 6.08 Å². The van der Waals surface area contributed by atoms with Crippen LogP contribution in [0.2, 0.25) is 0 Å². The number of carbonyl (C=O) groups is 2. The number of hydrogen-bond donors (Lipinski definition) is 6. The van der Waals surface area contributed by atoms with E-state index in [1.807, 2.05) is 6.08 Å². The number of nitrogens with one attached hydrogen (secondary N) is 1. The van der Waals surface area contributed by atoms with E-state index in [9.17, 15) is 35.1 Å². The second-order valence-electron chi connectivity index (χ2n) is 23.5. The fraction of sp³-hybridized carbons (Fsp3) is 0.855. The molecule has 1 amide bonds. The highest BCUT2D eigenvalue weighted by Crippen LogP contribution is 2.23. The number of rotatable bonds is 59. The Morgan fingerprint density at radius 2 is 0.825 bits per heavy atom. The van der Waals surface area contributed by atoms with Gasteiger partial charge in [-0.1, -0.05) is 262 Å². The number of ether oxygens (including phenoxy) is 3. The van der Waals surface area contributed by atoms with Crippen LogP contribution < -0.4 is 5.32 Å². The van der Waals surface area contributed by atoms with Crippen molar-refractivity contribution in [1.82, 2.24) is 5.32 Å². The predicted octanol–water partition coefficient (Wildman–Crippen LogP) is 16.8. The molecule has 11 nitrogen and oxygen atoms in total. The molecule has 0 aromatic carbocycles. The Balaban J connectivity index is 2.04. The maximum Gasteiger partial charge on any atom is 0.305 e. The third kappa shape index (κ3) is 47.0. The van der Waals surface area contributed by atoms with Crippen LogP contribution in [0.1, 0.15) is 316 Å². The van der Waals surface area contributed by atoms with Crippen molar-refractivity contribution in [1.29, 1.82) is 0 Å². The predicted molar refractivity (Wildman–Crippen MR) is 334 cm³/mol. The molecule has 0 radical (unpaired) electrons. The standard InChI is InChI=1S/C69H127NO10/c1-3-5-7-9-11-13-15-16-29-32-36-39-43-47-51-55-62(72)61(60-79-69-68(77)67(76)66(75)63(59-71)80-69)70-64(73)56-52-48-44-40-37-33-30-27-25-23-21-19-17-18-20-22-24-26-28-31-34-38-42-46-50-54-58-78-65(74)57-53-49-45-41-35-14-12-10-8-6-4-2/h10,12,17,19,36,39,51,55,61-63,66-69,71-72,75-77H,3-9,11,13-16,18,20-35,37-38,40-50,52-54,56-60H2,1-2H3,(H,70,73)/b12-10-,19-17-,39-36+,55-51+. The van der Waals surface area contributed by atoms with Crippen LogP contribution in [0.5, 0.6) is 0 Å². The van der Waals surface area contributed by atoms with E-state index in [0.717, 1.165) is 57.8 Å². The van der Waals surface area contributed by atoms with Gasteiger partial charge in [0.1, 0.15) is 24.4 Å². The molecule has 0 aromatic rings. The van der Waals surface area contributed by atoms with Crippen molar-refractivity contribution >= 4 is 11.9 Å². The van der Waals surface area contributed by atoms with Gasteiger partial charge in [0.25, 0.3) is 0 Å². The molecular weight excluding hydrogens is 1000 g/mol. The number of aliphatic hydroxyl groups is 5. The number of aliphatic hydroxyl groups excluding tert-OH is 5. The maximum absolute atomic E-state index is 13.1.